The average Bonchev–Trinajstić information content (AvgIpc) is 3.05. The first-order chi connectivity index (χ1) is 13.6. The molecule has 1 aromatic carbocycles. The van der Waals surface area contributed by atoms with E-state index in [1.807, 2.05) is 19.9 Å². The molecule has 158 valence electrons. The van der Waals surface area contributed by atoms with Crippen LogP contribution < -0.4 is 0 Å². The first kappa shape index (κ1) is 22.5. The maximum Gasteiger partial charge on any atom is 0.253 e. The molecular weight excluding hydrogens is 455 g/mol. The SMILES string of the molecule is C[C@H]1CN(S(=O)(=O)c2cc(C(=O)N(C)Cc3ccc(Cl)s3)ccc2Cl)C[C@H](C)O1. The van der Waals surface area contributed by atoms with Crippen molar-refractivity contribution >= 4 is 50.5 Å². The summed E-state index contributed by atoms with van der Waals surface area (Å²) < 4.78 is 34.0. The lowest BCUT2D eigenvalue weighted by Crippen LogP contribution is -2.48. The van der Waals surface area contributed by atoms with E-state index in [-0.39, 0.29) is 46.7 Å². The second kappa shape index (κ2) is 8.91. The van der Waals surface area contributed by atoms with Gasteiger partial charge in [-0.1, -0.05) is 23.2 Å². The largest absolute Gasteiger partial charge is 0.373 e. The number of nitrogens with zero attached hydrogens (tertiary/aromatic N) is 2. The van der Waals surface area contributed by atoms with Crippen LogP contribution >= 0.6 is 34.5 Å². The van der Waals surface area contributed by atoms with Crippen LogP contribution in [-0.2, 0) is 21.3 Å². The van der Waals surface area contributed by atoms with Gasteiger partial charge >= 0.3 is 0 Å². The third-order valence-corrected chi connectivity index (χ3v) is 8.08. The van der Waals surface area contributed by atoms with Crippen LogP contribution in [0.4, 0.5) is 0 Å². The molecule has 6 nitrogen and oxygen atoms in total. The van der Waals surface area contributed by atoms with Gasteiger partial charge in [-0.2, -0.15) is 4.31 Å². The number of carbonyl (C=O) groups excluding carboxylic acids is 1. The molecule has 0 radical (unpaired) electrons. The van der Waals surface area contributed by atoms with Gasteiger partial charge in [-0.05, 0) is 44.2 Å². The predicted molar refractivity (Wildman–Crippen MR) is 115 cm³/mol. The molecule has 0 spiro atoms. The molecule has 1 aliphatic rings. The summed E-state index contributed by atoms with van der Waals surface area (Å²) in [5, 5.41) is 0.0843. The molecule has 0 saturated carbocycles. The van der Waals surface area contributed by atoms with Crippen molar-refractivity contribution < 1.29 is 17.9 Å². The smallest absolute Gasteiger partial charge is 0.253 e. The number of sulfonamides is 1. The molecule has 3 rings (SSSR count). The summed E-state index contributed by atoms with van der Waals surface area (Å²) in [5.74, 6) is -0.300. The molecule has 0 unspecified atom stereocenters. The maximum atomic E-state index is 13.2. The van der Waals surface area contributed by atoms with Gasteiger partial charge in [-0.3, -0.25) is 4.79 Å². The third kappa shape index (κ3) is 5.13. The Kier molecular flexibility index (Phi) is 6.92. The molecule has 29 heavy (non-hydrogen) atoms. The highest BCUT2D eigenvalue weighted by Crippen LogP contribution is 2.29. The van der Waals surface area contributed by atoms with E-state index in [9.17, 15) is 13.2 Å². The van der Waals surface area contributed by atoms with Gasteiger partial charge in [0.1, 0.15) is 4.90 Å². The zero-order valence-corrected chi connectivity index (χ0v) is 19.4. The summed E-state index contributed by atoms with van der Waals surface area (Å²) >= 11 is 13.6. The highest BCUT2D eigenvalue weighted by Gasteiger charge is 2.34. The minimum atomic E-state index is -3.86. The summed E-state index contributed by atoms with van der Waals surface area (Å²) in [7, 11) is -2.20. The van der Waals surface area contributed by atoms with E-state index in [4.69, 9.17) is 27.9 Å². The Morgan fingerprint density at radius 2 is 1.86 bits per heavy atom. The van der Waals surface area contributed by atoms with E-state index in [1.54, 1.807) is 13.1 Å². The van der Waals surface area contributed by atoms with Crippen molar-refractivity contribution in [2.75, 3.05) is 20.1 Å². The lowest BCUT2D eigenvalue weighted by molar-refractivity contribution is -0.0440. The topological polar surface area (TPSA) is 66.9 Å². The number of halogens is 2. The summed E-state index contributed by atoms with van der Waals surface area (Å²) in [5.41, 5.74) is 0.257. The zero-order chi connectivity index (χ0) is 21.3. The molecule has 2 aromatic rings. The van der Waals surface area contributed by atoms with Crippen molar-refractivity contribution in [1.29, 1.82) is 0 Å². The van der Waals surface area contributed by atoms with Crippen LogP contribution in [0.5, 0.6) is 0 Å². The molecule has 1 fully saturated rings. The van der Waals surface area contributed by atoms with E-state index in [2.05, 4.69) is 0 Å². The van der Waals surface area contributed by atoms with E-state index in [1.165, 1.54) is 38.7 Å². The van der Waals surface area contributed by atoms with Crippen molar-refractivity contribution in [3.8, 4) is 0 Å². The van der Waals surface area contributed by atoms with Crippen LogP contribution in [0.1, 0.15) is 29.1 Å². The first-order valence-electron chi connectivity index (χ1n) is 9.02. The minimum Gasteiger partial charge on any atom is -0.373 e. The number of amides is 1. The fourth-order valence-electron chi connectivity index (χ4n) is 3.26. The van der Waals surface area contributed by atoms with Gasteiger partial charge in [-0.25, -0.2) is 8.42 Å². The van der Waals surface area contributed by atoms with Crippen LogP contribution in [0.3, 0.4) is 0 Å². The Balaban J connectivity index is 1.86. The molecule has 0 N–H and O–H groups in total. The Labute approximate surface area is 185 Å². The van der Waals surface area contributed by atoms with E-state index < -0.39 is 10.0 Å². The van der Waals surface area contributed by atoms with Crippen molar-refractivity contribution in [2.45, 2.75) is 37.5 Å². The first-order valence-corrected chi connectivity index (χ1v) is 12.0. The van der Waals surface area contributed by atoms with Crippen molar-refractivity contribution in [3.63, 3.8) is 0 Å². The van der Waals surface area contributed by atoms with Crippen LogP contribution in [0.2, 0.25) is 9.36 Å². The van der Waals surface area contributed by atoms with Crippen LogP contribution in [0, 0.1) is 0 Å². The van der Waals surface area contributed by atoms with E-state index >= 15 is 0 Å². The minimum absolute atomic E-state index is 0.0705. The number of benzene rings is 1. The summed E-state index contributed by atoms with van der Waals surface area (Å²) in [6, 6.07) is 7.96. The molecule has 0 bridgehead atoms. The monoisotopic (exact) mass is 476 g/mol. The Hall–Kier alpha value is -1.16. The highest BCUT2D eigenvalue weighted by atomic mass is 35.5. The van der Waals surface area contributed by atoms with Crippen molar-refractivity contribution in [1.82, 2.24) is 9.21 Å². The lowest BCUT2D eigenvalue weighted by Gasteiger charge is -2.34. The standard InChI is InChI=1S/C19H22Cl2N2O4S2/c1-12-9-23(10-13(2)27-12)29(25,26)17-8-14(4-6-16(17)20)19(24)22(3)11-15-5-7-18(21)28-15/h4-8,12-13H,9-11H2,1-3H3/t12-,13-/m0/s1. The van der Waals surface area contributed by atoms with Gasteiger partial charge in [0.15, 0.2) is 0 Å². The second-order valence-electron chi connectivity index (χ2n) is 7.09. The number of ether oxygens (including phenoxy) is 1. The molecule has 2 atom stereocenters. The summed E-state index contributed by atoms with van der Waals surface area (Å²) in [6.07, 6.45) is -0.443. The second-order valence-corrected chi connectivity index (χ2v) is 11.2. The van der Waals surface area contributed by atoms with Gasteiger partial charge in [0.2, 0.25) is 10.0 Å². The van der Waals surface area contributed by atoms with Gasteiger partial charge in [-0.15, -0.1) is 11.3 Å². The molecule has 0 aliphatic carbocycles. The highest BCUT2D eigenvalue weighted by molar-refractivity contribution is 7.89. The van der Waals surface area contributed by atoms with Gasteiger partial charge in [0.25, 0.3) is 5.91 Å². The summed E-state index contributed by atoms with van der Waals surface area (Å²) in [4.78, 5) is 15.2. The normalized spacial score (nSPS) is 20.6. The maximum absolute atomic E-state index is 13.2. The fourth-order valence-corrected chi connectivity index (χ4v) is 6.49. The van der Waals surface area contributed by atoms with Crippen molar-refractivity contribution in [3.05, 3.63) is 50.1 Å². The molecule has 1 saturated heterocycles. The average molecular weight is 477 g/mol. The number of thiophene rings is 1. The van der Waals surface area contributed by atoms with Gasteiger partial charge < -0.3 is 9.64 Å². The molecule has 1 amide bonds. The number of hydrogen-bond acceptors (Lipinski definition) is 5. The van der Waals surface area contributed by atoms with Gasteiger partial charge in [0, 0.05) is 30.6 Å². The van der Waals surface area contributed by atoms with Crippen LogP contribution in [-0.4, -0.2) is 55.9 Å². The number of morpholine rings is 1. The van der Waals surface area contributed by atoms with Crippen LogP contribution in [0.15, 0.2) is 35.2 Å². The van der Waals surface area contributed by atoms with E-state index in [0.717, 1.165) is 4.88 Å². The fraction of sp³-hybridized carbons (Fsp3) is 0.421. The Bertz CT molecular complexity index is 999. The molecule has 1 aromatic heterocycles. The predicted octanol–water partition coefficient (Wildman–Crippen LogP) is 4.13. The van der Waals surface area contributed by atoms with Crippen molar-refractivity contribution in [2.24, 2.45) is 0 Å². The Morgan fingerprint density at radius 3 is 2.45 bits per heavy atom. The zero-order valence-electron chi connectivity index (χ0n) is 16.3. The lowest BCUT2D eigenvalue weighted by atomic mass is 10.2. The third-order valence-electron chi connectivity index (χ3n) is 4.55. The summed E-state index contributed by atoms with van der Waals surface area (Å²) in [6.45, 7) is 4.50. The van der Waals surface area contributed by atoms with E-state index in [0.29, 0.717) is 10.9 Å². The molecule has 1 aliphatic heterocycles. The molecule has 2 heterocycles. The molecular formula is C19H22Cl2N2O4S2. The Morgan fingerprint density at radius 1 is 1.21 bits per heavy atom. The van der Waals surface area contributed by atoms with Gasteiger partial charge in [0.05, 0.1) is 28.1 Å². The number of hydrogen-bond donors (Lipinski definition) is 0. The quantitative estimate of drug-likeness (QED) is 0.650. The molecule has 10 heteroatoms. The number of rotatable bonds is 5. The van der Waals surface area contributed by atoms with Crippen LogP contribution in [0.25, 0.3) is 0 Å². The number of carbonyl (C=O) groups is 1.